The number of carbonyl (C=O) groups excluding carboxylic acids is 2. The SMILES string of the molecule is O=C1CCc2cc(C(=O)CSc3ncccn3)ccc2N1. The average molecular weight is 299 g/mol. The predicted molar refractivity (Wildman–Crippen MR) is 80.5 cm³/mol. The van der Waals surface area contributed by atoms with Crippen molar-refractivity contribution < 1.29 is 9.59 Å². The smallest absolute Gasteiger partial charge is 0.224 e. The molecule has 0 atom stereocenters. The maximum absolute atomic E-state index is 12.2. The minimum atomic E-state index is 0.0263. The molecule has 6 heteroatoms. The molecule has 21 heavy (non-hydrogen) atoms. The first-order valence-corrected chi connectivity index (χ1v) is 7.57. The van der Waals surface area contributed by atoms with E-state index < -0.39 is 0 Å². The van der Waals surface area contributed by atoms with Crippen LogP contribution in [0.15, 0.2) is 41.8 Å². The third kappa shape index (κ3) is 3.28. The zero-order valence-corrected chi connectivity index (χ0v) is 12.0. The molecule has 1 aliphatic rings. The Hall–Kier alpha value is -2.21. The summed E-state index contributed by atoms with van der Waals surface area (Å²) in [6.45, 7) is 0. The van der Waals surface area contributed by atoms with Crippen LogP contribution in [0.2, 0.25) is 0 Å². The van der Waals surface area contributed by atoms with Crippen molar-refractivity contribution in [3.63, 3.8) is 0 Å². The van der Waals surface area contributed by atoms with Crippen LogP contribution < -0.4 is 5.32 Å². The van der Waals surface area contributed by atoms with E-state index in [-0.39, 0.29) is 11.7 Å². The lowest BCUT2D eigenvalue weighted by Crippen LogP contribution is -2.19. The Labute approximate surface area is 126 Å². The molecule has 0 unspecified atom stereocenters. The molecule has 2 aromatic rings. The fourth-order valence-electron chi connectivity index (χ4n) is 2.13. The largest absolute Gasteiger partial charge is 0.326 e. The molecule has 0 aliphatic carbocycles. The lowest BCUT2D eigenvalue weighted by Gasteiger charge is -2.17. The number of ketones is 1. The number of Topliss-reactive ketones (excluding diaryl/α,β-unsaturated/α-hetero) is 1. The van der Waals surface area contributed by atoms with Crippen LogP contribution in [0.4, 0.5) is 5.69 Å². The number of nitrogens with one attached hydrogen (secondary N) is 1. The van der Waals surface area contributed by atoms with E-state index in [1.165, 1.54) is 11.8 Å². The molecule has 0 bridgehead atoms. The Kier molecular flexibility index (Phi) is 3.96. The molecule has 1 aromatic heterocycles. The Morgan fingerprint density at radius 3 is 2.86 bits per heavy atom. The van der Waals surface area contributed by atoms with Gasteiger partial charge in [0.15, 0.2) is 10.9 Å². The molecule has 1 aromatic carbocycles. The van der Waals surface area contributed by atoms with Crippen LogP contribution in [0, 0.1) is 0 Å². The van der Waals surface area contributed by atoms with E-state index in [1.54, 1.807) is 30.6 Å². The number of hydrogen-bond donors (Lipinski definition) is 1. The number of anilines is 1. The van der Waals surface area contributed by atoms with Crippen molar-refractivity contribution in [1.29, 1.82) is 0 Å². The van der Waals surface area contributed by atoms with Gasteiger partial charge in [-0.05, 0) is 36.2 Å². The number of nitrogens with zero attached hydrogens (tertiary/aromatic N) is 2. The van der Waals surface area contributed by atoms with Gasteiger partial charge in [0.05, 0.1) is 5.75 Å². The number of amides is 1. The third-order valence-electron chi connectivity index (χ3n) is 3.20. The van der Waals surface area contributed by atoms with Gasteiger partial charge in [-0.2, -0.15) is 0 Å². The van der Waals surface area contributed by atoms with Crippen molar-refractivity contribution in [2.45, 2.75) is 18.0 Å². The summed E-state index contributed by atoms with van der Waals surface area (Å²) < 4.78 is 0. The molecule has 1 amide bonds. The van der Waals surface area contributed by atoms with Crippen LogP contribution in [0.5, 0.6) is 0 Å². The molecule has 0 spiro atoms. The quantitative estimate of drug-likeness (QED) is 0.533. The monoisotopic (exact) mass is 299 g/mol. The molecular formula is C15H13N3O2S. The second-order valence-electron chi connectivity index (χ2n) is 4.66. The first-order valence-electron chi connectivity index (χ1n) is 6.58. The van der Waals surface area contributed by atoms with Gasteiger partial charge in [0, 0.05) is 30.1 Å². The van der Waals surface area contributed by atoms with Crippen LogP contribution >= 0.6 is 11.8 Å². The normalized spacial score (nSPS) is 13.4. The number of aryl methyl sites for hydroxylation is 1. The molecule has 0 saturated carbocycles. The third-order valence-corrected chi connectivity index (χ3v) is 4.07. The highest BCUT2D eigenvalue weighted by atomic mass is 32.2. The molecule has 5 nitrogen and oxygen atoms in total. The van der Waals surface area contributed by atoms with Gasteiger partial charge in [-0.25, -0.2) is 9.97 Å². The molecule has 1 aliphatic heterocycles. The average Bonchev–Trinajstić information content (AvgIpc) is 2.53. The zero-order chi connectivity index (χ0) is 14.7. The lowest BCUT2D eigenvalue weighted by molar-refractivity contribution is -0.116. The number of fused-ring (bicyclic) bond motifs is 1. The summed E-state index contributed by atoms with van der Waals surface area (Å²) >= 11 is 1.32. The highest BCUT2D eigenvalue weighted by Gasteiger charge is 2.16. The van der Waals surface area contributed by atoms with Crippen molar-refractivity contribution in [3.8, 4) is 0 Å². The number of hydrogen-bond acceptors (Lipinski definition) is 5. The van der Waals surface area contributed by atoms with Gasteiger partial charge < -0.3 is 5.32 Å². The molecule has 1 N–H and O–H groups in total. The van der Waals surface area contributed by atoms with Crippen LogP contribution in [0.3, 0.4) is 0 Å². The molecule has 106 valence electrons. The summed E-state index contributed by atoms with van der Waals surface area (Å²) in [5.74, 6) is 0.361. The molecule has 0 radical (unpaired) electrons. The van der Waals surface area contributed by atoms with E-state index in [0.29, 0.717) is 29.3 Å². The summed E-state index contributed by atoms with van der Waals surface area (Å²) in [4.78, 5) is 31.7. The fraction of sp³-hybridized carbons (Fsp3) is 0.200. The lowest BCUT2D eigenvalue weighted by atomic mass is 9.99. The van der Waals surface area contributed by atoms with Crippen LogP contribution in [0.1, 0.15) is 22.3 Å². The molecule has 0 saturated heterocycles. The second-order valence-corrected chi connectivity index (χ2v) is 5.61. The Morgan fingerprint density at radius 1 is 1.24 bits per heavy atom. The van der Waals surface area contributed by atoms with E-state index in [1.807, 2.05) is 6.07 Å². The number of carbonyl (C=O) groups is 2. The number of benzene rings is 1. The fourth-order valence-corrected chi connectivity index (χ4v) is 2.83. The van der Waals surface area contributed by atoms with Gasteiger partial charge in [-0.1, -0.05) is 11.8 Å². The molecular weight excluding hydrogens is 286 g/mol. The summed E-state index contributed by atoms with van der Waals surface area (Å²) in [6, 6.07) is 7.15. The van der Waals surface area contributed by atoms with Crippen molar-refractivity contribution in [1.82, 2.24) is 9.97 Å². The standard InChI is InChI=1S/C15H13N3O2S/c19-13(9-21-15-16-6-1-7-17-15)11-2-4-12-10(8-11)3-5-14(20)18-12/h1-2,4,6-8H,3,5,9H2,(H,18,20). The van der Waals surface area contributed by atoms with Crippen molar-refractivity contribution in [3.05, 3.63) is 47.8 Å². The maximum atomic E-state index is 12.2. The van der Waals surface area contributed by atoms with E-state index in [4.69, 9.17) is 0 Å². The van der Waals surface area contributed by atoms with Crippen LogP contribution in [-0.4, -0.2) is 27.4 Å². The molecule has 0 fully saturated rings. The summed E-state index contributed by atoms with van der Waals surface area (Å²) in [5, 5.41) is 3.40. The summed E-state index contributed by atoms with van der Waals surface area (Å²) in [5.41, 5.74) is 2.48. The van der Waals surface area contributed by atoms with Crippen molar-refractivity contribution in [2.75, 3.05) is 11.1 Å². The van der Waals surface area contributed by atoms with Crippen molar-refractivity contribution >= 4 is 29.1 Å². The van der Waals surface area contributed by atoms with E-state index in [2.05, 4.69) is 15.3 Å². The van der Waals surface area contributed by atoms with E-state index >= 15 is 0 Å². The minimum Gasteiger partial charge on any atom is -0.326 e. The maximum Gasteiger partial charge on any atom is 0.224 e. The Bertz CT molecular complexity index is 689. The Morgan fingerprint density at radius 2 is 2.05 bits per heavy atom. The zero-order valence-electron chi connectivity index (χ0n) is 11.2. The predicted octanol–water partition coefficient (Wildman–Crippen LogP) is 2.34. The van der Waals surface area contributed by atoms with Gasteiger partial charge in [0.25, 0.3) is 0 Å². The van der Waals surface area contributed by atoms with Gasteiger partial charge in [-0.3, -0.25) is 9.59 Å². The van der Waals surface area contributed by atoms with E-state index in [0.717, 1.165) is 11.3 Å². The van der Waals surface area contributed by atoms with Crippen molar-refractivity contribution in [2.24, 2.45) is 0 Å². The van der Waals surface area contributed by atoms with Gasteiger partial charge in [0.2, 0.25) is 5.91 Å². The van der Waals surface area contributed by atoms with Gasteiger partial charge in [-0.15, -0.1) is 0 Å². The Balaban J connectivity index is 1.69. The summed E-state index contributed by atoms with van der Waals surface area (Å²) in [6.07, 6.45) is 4.46. The number of thioether (sulfide) groups is 1. The van der Waals surface area contributed by atoms with Crippen LogP contribution in [-0.2, 0) is 11.2 Å². The highest BCUT2D eigenvalue weighted by molar-refractivity contribution is 7.99. The van der Waals surface area contributed by atoms with Gasteiger partial charge >= 0.3 is 0 Å². The number of rotatable bonds is 4. The highest BCUT2D eigenvalue weighted by Crippen LogP contribution is 2.24. The van der Waals surface area contributed by atoms with Crippen LogP contribution in [0.25, 0.3) is 0 Å². The molecule has 2 heterocycles. The van der Waals surface area contributed by atoms with E-state index in [9.17, 15) is 9.59 Å². The second kappa shape index (κ2) is 6.05. The first-order chi connectivity index (χ1) is 10.2. The van der Waals surface area contributed by atoms with Gasteiger partial charge in [0.1, 0.15) is 0 Å². The number of aromatic nitrogens is 2. The minimum absolute atomic E-state index is 0.0263. The topological polar surface area (TPSA) is 72.0 Å². The molecule has 3 rings (SSSR count). The first kappa shape index (κ1) is 13.8. The summed E-state index contributed by atoms with van der Waals surface area (Å²) in [7, 11) is 0.